The van der Waals surface area contributed by atoms with E-state index in [1.165, 1.54) is 0 Å². The van der Waals surface area contributed by atoms with E-state index in [1.807, 2.05) is 12.2 Å². The van der Waals surface area contributed by atoms with Crippen molar-refractivity contribution >= 4 is 5.78 Å². The molecule has 0 aromatic carbocycles. The third kappa shape index (κ3) is 1.64. The zero-order valence-electron chi connectivity index (χ0n) is 5.55. The fraction of sp³-hybridized carbons (Fsp3) is 0.571. The molecule has 2 nitrogen and oxygen atoms in total. The minimum Gasteiger partial charge on any atom is -0.304 e. The molecule has 2 heteroatoms. The lowest BCUT2D eigenvalue weighted by atomic mass is 10.1. The van der Waals surface area contributed by atoms with Crippen LogP contribution >= 0.6 is 0 Å². The van der Waals surface area contributed by atoms with Gasteiger partial charge in [-0.3, -0.25) is 4.79 Å². The third-order valence-electron chi connectivity index (χ3n) is 1.51. The number of Topliss-reactive ketones (excluding diaryl/α,β-unsaturated/α-hetero) is 1. The molecule has 1 aliphatic rings. The van der Waals surface area contributed by atoms with Gasteiger partial charge in [-0.2, -0.15) is 0 Å². The van der Waals surface area contributed by atoms with Gasteiger partial charge in [0.1, 0.15) is 5.78 Å². The van der Waals surface area contributed by atoms with Gasteiger partial charge >= 0.3 is 0 Å². The molecular formula is C7H11NO. The van der Waals surface area contributed by atoms with Crippen LogP contribution in [0.3, 0.4) is 0 Å². The Bertz CT molecular complexity index is 140. The average molecular weight is 125 g/mol. The molecule has 0 bridgehead atoms. The van der Waals surface area contributed by atoms with E-state index < -0.39 is 0 Å². The molecule has 0 spiro atoms. The van der Waals surface area contributed by atoms with Crippen LogP contribution < -0.4 is 5.32 Å². The van der Waals surface area contributed by atoms with E-state index in [2.05, 4.69) is 5.32 Å². The zero-order valence-corrected chi connectivity index (χ0v) is 5.55. The first kappa shape index (κ1) is 6.49. The first-order valence-electron chi connectivity index (χ1n) is 3.19. The molecule has 1 atom stereocenters. The maximum Gasteiger partial charge on any atom is 0.147 e. The summed E-state index contributed by atoms with van der Waals surface area (Å²) in [5.41, 5.74) is 0. The van der Waals surface area contributed by atoms with Crippen LogP contribution in [0.2, 0.25) is 0 Å². The lowest BCUT2D eigenvalue weighted by Crippen LogP contribution is -2.36. The predicted octanol–water partition coefficient (Wildman–Crippen LogP) is 0.493. The van der Waals surface area contributed by atoms with Crippen molar-refractivity contribution in [1.82, 2.24) is 5.32 Å². The highest BCUT2D eigenvalue weighted by Gasteiger charge is 2.12. The van der Waals surface area contributed by atoms with E-state index >= 15 is 0 Å². The number of hydrogen-bond donors (Lipinski definition) is 1. The normalized spacial score (nSPS) is 26.1. The molecule has 0 aromatic rings. The second-order valence-electron chi connectivity index (χ2n) is 2.28. The summed E-state index contributed by atoms with van der Waals surface area (Å²) in [6, 6.07) is 0.0787. The van der Waals surface area contributed by atoms with Crippen LogP contribution in [-0.4, -0.2) is 18.4 Å². The van der Waals surface area contributed by atoms with Crippen molar-refractivity contribution in [3.63, 3.8) is 0 Å². The van der Waals surface area contributed by atoms with Gasteiger partial charge in [-0.1, -0.05) is 12.2 Å². The van der Waals surface area contributed by atoms with Crippen LogP contribution in [0.1, 0.15) is 13.3 Å². The molecule has 1 rings (SSSR count). The Hall–Kier alpha value is -0.630. The molecule has 0 aromatic heterocycles. The SMILES string of the molecule is CC(=O)C1CC=CCN1. The van der Waals surface area contributed by atoms with Gasteiger partial charge in [0, 0.05) is 6.54 Å². The van der Waals surface area contributed by atoms with Crippen molar-refractivity contribution in [2.24, 2.45) is 0 Å². The van der Waals surface area contributed by atoms with Crippen molar-refractivity contribution in [2.75, 3.05) is 6.54 Å². The van der Waals surface area contributed by atoms with E-state index in [9.17, 15) is 4.79 Å². The molecular weight excluding hydrogens is 114 g/mol. The summed E-state index contributed by atoms with van der Waals surface area (Å²) in [6.07, 6.45) is 4.94. The van der Waals surface area contributed by atoms with Crippen molar-refractivity contribution < 1.29 is 4.79 Å². The Labute approximate surface area is 54.9 Å². The van der Waals surface area contributed by atoms with Crippen molar-refractivity contribution in [3.8, 4) is 0 Å². The second kappa shape index (κ2) is 2.78. The molecule has 1 heterocycles. The van der Waals surface area contributed by atoms with Gasteiger partial charge in [0.05, 0.1) is 6.04 Å². The molecule has 9 heavy (non-hydrogen) atoms. The highest BCUT2D eigenvalue weighted by Crippen LogP contribution is 1.99. The summed E-state index contributed by atoms with van der Waals surface area (Å²) < 4.78 is 0. The fourth-order valence-electron chi connectivity index (χ4n) is 0.919. The van der Waals surface area contributed by atoms with Crippen LogP contribution in [0.5, 0.6) is 0 Å². The third-order valence-corrected chi connectivity index (χ3v) is 1.51. The molecule has 0 saturated carbocycles. The molecule has 1 unspecified atom stereocenters. The van der Waals surface area contributed by atoms with Crippen molar-refractivity contribution in [1.29, 1.82) is 0 Å². The Balaban J connectivity index is 2.44. The van der Waals surface area contributed by atoms with Crippen molar-refractivity contribution in [2.45, 2.75) is 19.4 Å². The van der Waals surface area contributed by atoms with E-state index in [4.69, 9.17) is 0 Å². The van der Waals surface area contributed by atoms with Crippen LogP contribution in [0.25, 0.3) is 0 Å². The van der Waals surface area contributed by atoms with Gasteiger partial charge in [-0.05, 0) is 13.3 Å². The lowest BCUT2D eigenvalue weighted by molar-refractivity contribution is -0.118. The van der Waals surface area contributed by atoms with Crippen LogP contribution in [0.15, 0.2) is 12.2 Å². The zero-order chi connectivity index (χ0) is 6.69. The van der Waals surface area contributed by atoms with E-state index in [1.54, 1.807) is 6.92 Å². The van der Waals surface area contributed by atoms with Crippen LogP contribution in [-0.2, 0) is 4.79 Å². The molecule has 0 saturated heterocycles. The lowest BCUT2D eigenvalue weighted by Gasteiger charge is -2.15. The van der Waals surface area contributed by atoms with Gasteiger partial charge in [-0.25, -0.2) is 0 Å². The highest BCUT2D eigenvalue weighted by molar-refractivity contribution is 5.81. The number of hydrogen-bond acceptors (Lipinski definition) is 2. The monoisotopic (exact) mass is 125 g/mol. The Kier molecular flexibility index (Phi) is 2.01. The average Bonchev–Trinajstić information content (AvgIpc) is 1.90. The molecule has 1 aliphatic heterocycles. The Morgan fingerprint density at radius 2 is 2.44 bits per heavy atom. The second-order valence-corrected chi connectivity index (χ2v) is 2.28. The van der Waals surface area contributed by atoms with Gasteiger partial charge < -0.3 is 5.32 Å². The molecule has 1 N–H and O–H groups in total. The number of ketones is 1. The fourth-order valence-corrected chi connectivity index (χ4v) is 0.919. The minimum absolute atomic E-state index is 0.0787. The molecule has 0 fully saturated rings. The predicted molar refractivity (Wildman–Crippen MR) is 36.2 cm³/mol. The Morgan fingerprint density at radius 1 is 1.67 bits per heavy atom. The van der Waals surface area contributed by atoms with Gasteiger partial charge in [0.25, 0.3) is 0 Å². The summed E-state index contributed by atoms with van der Waals surface area (Å²) in [6.45, 7) is 2.46. The summed E-state index contributed by atoms with van der Waals surface area (Å²) in [5.74, 6) is 0.236. The topological polar surface area (TPSA) is 29.1 Å². The molecule has 0 aliphatic carbocycles. The highest BCUT2D eigenvalue weighted by atomic mass is 16.1. The number of nitrogens with one attached hydrogen (secondary N) is 1. The molecule has 50 valence electrons. The van der Waals surface area contributed by atoms with Gasteiger partial charge in [-0.15, -0.1) is 0 Å². The quantitative estimate of drug-likeness (QED) is 0.517. The summed E-state index contributed by atoms with van der Waals surface area (Å²) in [4.78, 5) is 10.7. The molecule has 0 radical (unpaired) electrons. The van der Waals surface area contributed by atoms with Crippen molar-refractivity contribution in [3.05, 3.63) is 12.2 Å². The number of rotatable bonds is 1. The van der Waals surface area contributed by atoms with E-state index in [-0.39, 0.29) is 11.8 Å². The summed E-state index contributed by atoms with van der Waals surface area (Å²) in [7, 11) is 0. The number of carbonyl (C=O) groups excluding carboxylic acids is 1. The first-order chi connectivity index (χ1) is 4.30. The van der Waals surface area contributed by atoms with Crippen LogP contribution in [0.4, 0.5) is 0 Å². The van der Waals surface area contributed by atoms with Gasteiger partial charge in [0.2, 0.25) is 0 Å². The first-order valence-corrected chi connectivity index (χ1v) is 3.19. The molecule has 0 amide bonds. The summed E-state index contributed by atoms with van der Waals surface area (Å²) in [5, 5.41) is 3.08. The standard InChI is InChI=1S/C7H11NO/c1-6(9)7-4-2-3-5-8-7/h2-3,7-8H,4-5H2,1H3. The van der Waals surface area contributed by atoms with E-state index in [0.29, 0.717) is 0 Å². The largest absolute Gasteiger partial charge is 0.304 e. The number of carbonyl (C=O) groups is 1. The Morgan fingerprint density at radius 3 is 2.78 bits per heavy atom. The maximum absolute atomic E-state index is 10.7. The van der Waals surface area contributed by atoms with Gasteiger partial charge in [0.15, 0.2) is 0 Å². The van der Waals surface area contributed by atoms with E-state index in [0.717, 1.165) is 13.0 Å². The summed E-state index contributed by atoms with van der Waals surface area (Å²) >= 11 is 0. The smallest absolute Gasteiger partial charge is 0.147 e. The minimum atomic E-state index is 0.0787. The van der Waals surface area contributed by atoms with Crippen LogP contribution in [0, 0.1) is 0 Å². The maximum atomic E-state index is 10.7.